The molecule has 2 aromatic carbocycles. The fraction of sp³-hybridized carbons (Fsp3) is 0.409. The van der Waals surface area contributed by atoms with Crippen LogP contribution in [-0.4, -0.2) is 30.0 Å². The number of rotatable bonds is 4. The van der Waals surface area contributed by atoms with Crippen LogP contribution < -0.4 is 4.74 Å². The van der Waals surface area contributed by atoms with Gasteiger partial charge in [0.05, 0.1) is 6.10 Å². The van der Waals surface area contributed by atoms with Gasteiger partial charge in [0.15, 0.2) is 0 Å². The lowest BCUT2D eigenvalue weighted by Crippen LogP contribution is -2.34. The Balaban J connectivity index is 1.72. The first-order chi connectivity index (χ1) is 12.5. The molecule has 1 atom stereocenters. The molecule has 0 aliphatic carbocycles. The summed E-state index contributed by atoms with van der Waals surface area (Å²) in [6.07, 6.45) is 3.41. The first-order valence-corrected chi connectivity index (χ1v) is 9.72. The number of likely N-dealkylation sites (tertiary alicyclic amines) is 1. The van der Waals surface area contributed by atoms with E-state index in [1.165, 1.54) is 5.56 Å². The van der Waals surface area contributed by atoms with Gasteiger partial charge in [-0.05, 0) is 68.7 Å². The van der Waals surface area contributed by atoms with E-state index in [1.807, 2.05) is 55.1 Å². The highest BCUT2D eigenvalue weighted by Gasteiger charge is 2.24. The smallest absolute Gasteiger partial charge is 0.253 e. The number of hydrogen-bond donors (Lipinski definition) is 0. The minimum absolute atomic E-state index is 0.0990. The number of carbonyl (C=O) groups is 1. The fourth-order valence-corrected chi connectivity index (χ4v) is 3.59. The number of ether oxygens (including phenoxy) is 1. The van der Waals surface area contributed by atoms with Crippen LogP contribution in [0.15, 0.2) is 48.5 Å². The molecule has 1 aliphatic heterocycles. The predicted octanol–water partition coefficient (Wildman–Crippen LogP) is 5.54. The van der Waals surface area contributed by atoms with Crippen LogP contribution in [-0.2, 0) is 0 Å². The summed E-state index contributed by atoms with van der Waals surface area (Å²) in [5, 5.41) is 0.749. The first kappa shape index (κ1) is 18.8. The standard InChI is InChI=1S/C22H26ClNO2/c1-16(2)26-21-12-8-18(9-13-21)22(25)24-14-4-3-5-19(15-24)17-6-10-20(23)11-7-17/h6-13,16,19H,3-5,14-15H2,1-2H3. The molecule has 138 valence electrons. The molecule has 26 heavy (non-hydrogen) atoms. The molecule has 1 fully saturated rings. The molecule has 4 heteroatoms. The molecule has 1 heterocycles. The van der Waals surface area contributed by atoms with Gasteiger partial charge in [0.1, 0.15) is 5.75 Å². The lowest BCUT2D eigenvalue weighted by Gasteiger charge is -2.25. The highest BCUT2D eigenvalue weighted by atomic mass is 35.5. The van der Waals surface area contributed by atoms with Gasteiger partial charge in [0.25, 0.3) is 5.91 Å². The van der Waals surface area contributed by atoms with E-state index < -0.39 is 0 Å². The minimum Gasteiger partial charge on any atom is -0.491 e. The number of amides is 1. The van der Waals surface area contributed by atoms with Gasteiger partial charge in [-0.25, -0.2) is 0 Å². The Hall–Kier alpha value is -2.00. The average Bonchev–Trinajstić information content (AvgIpc) is 2.88. The quantitative estimate of drug-likeness (QED) is 0.706. The summed E-state index contributed by atoms with van der Waals surface area (Å²) >= 11 is 6.01. The normalized spacial score (nSPS) is 17.8. The van der Waals surface area contributed by atoms with Crippen LogP contribution in [0.5, 0.6) is 5.75 Å². The molecule has 1 saturated heterocycles. The van der Waals surface area contributed by atoms with Crippen molar-refractivity contribution in [1.29, 1.82) is 0 Å². The third-order valence-electron chi connectivity index (χ3n) is 4.77. The van der Waals surface area contributed by atoms with Crippen LogP contribution in [0.4, 0.5) is 0 Å². The maximum absolute atomic E-state index is 13.0. The Kier molecular flexibility index (Phi) is 6.20. The topological polar surface area (TPSA) is 29.5 Å². The number of hydrogen-bond acceptors (Lipinski definition) is 2. The van der Waals surface area contributed by atoms with Gasteiger partial charge >= 0.3 is 0 Å². The first-order valence-electron chi connectivity index (χ1n) is 9.34. The predicted molar refractivity (Wildman–Crippen MR) is 106 cm³/mol. The zero-order valence-corrected chi connectivity index (χ0v) is 16.2. The van der Waals surface area contributed by atoms with Gasteiger partial charge < -0.3 is 9.64 Å². The lowest BCUT2D eigenvalue weighted by atomic mass is 9.94. The largest absolute Gasteiger partial charge is 0.491 e. The lowest BCUT2D eigenvalue weighted by molar-refractivity contribution is 0.0754. The van der Waals surface area contributed by atoms with E-state index in [9.17, 15) is 4.79 Å². The van der Waals surface area contributed by atoms with Crippen molar-refractivity contribution < 1.29 is 9.53 Å². The van der Waals surface area contributed by atoms with Gasteiger partial charge in [-0.3, -0.25) is 4.79 Å². The van der Waals surface area contributed by atoms with Crippen molar-refractivity contribution in [2.45, 2.75) is 45.1 Å². The van der Waals surface area contributed by atoms with Crippen LogP contribution in [0.2, 0.25) is 5.02 Å². The maximum atomic E-state index is 13.0. The van der Waals surface area contributed by atoms with Crippen LogP contribution in [0.1, 0.15) is 54.9 Å². The second kappa shape index (κ2) is 8.59. The third-order valence-corrected chi connectivity index (χ3v) is 5.03. The number of benzene rings is 2. The molecular weight excluding hydrogens is 346 g/mol. The van der Waals surface area contributed by atoms with Crippen molar-refractivity contribution in [3.63, 3.8) is 0 Å². The van der Waals surface area contributed by atoms with E-state index in [1.54, 1.807) is 0 Å². The molecule has 0 bridgehead atoms. The van der Waals surface area contributed by atoms with Gasteiger partial charge in [-0.15, -0.1) is 0 Å². The van der Waals surface area contributed by atoms with Gasteiger partial charge in [-0.1, -0.05) is 30.2 Å². The summed E-state index contributed by atoms with van der Waals surface area (Å²) in [4.78, 5) is 15.0. The van der Waals surface area contributed by atoms with E-state index in [4.69, 9.17) is 16.3 Å². The van der Waals surface area contributed by atoms with Crippen molar-refractivity contribution in [3.05, 3.63) is 64.7 Å². The Morgan fingerprint density at radius 3 is 2.42 bits per heavy atom. The number of halogens is 1. The number of nitrogens with zero attached hydrogens (tertiary/aromatic N) is 1. The molecule has 0 aromatic heterocycles. The van der Waals surface area contributed by atoms with Gasteiger partial charge in [-0.2, -0.15) is 0 Å². The van der Waals surface area contributed by atoms with E-state index in [0.29, 0.717) is 5.92 Å². The van der Waals surface area contributed by atoms with Crippen molar-refractivity contribution in [1.82, 2.24) is 4.90 Å². The molecule has 0 radical (unpaired) electrons. The Labute approximate surface area is 160 Å². The zero-order chi connectivity index (χ0) is 18.5. The van der Waals surface area contributed by atoms with Crippen molar-refractivity contribution in [2.24, 2.45) is 0 Å². The monoisotopic (exact) mass is 371 g/mol. The average molecular weight is 372 g/mol. The molecule has 2 aromatic rings. The van der Waals surface area contributed by atoms with Crippen molar-refractivity contribution in [2.75, 3.05) is 13.1 Å². The SMILES string of the molecule is CC(C)Oc1ccc(C(=O)N2CCCCC(c3ccc(Cl)cc3)C2)cc1. The second-order valence-electron chi connectivity index (χ2n) is 7.19. The highest BCUT2D eigenvalue weighted by molar-refractivity contribution is 6.30. The Morgan fingerprint density at radius 1 is 1.08 bits per heavy atom. The number of carbonyl (C=O) groups excluding carboxylic acids is 1. The molecule has 1 aliphatic rings. The molecule has 1 unspecified atom stereocenters. The van der Waals surface area contributed by atoms with Crippen molar-refractivity contribution >= 4 is 17.5 Å². The molecule has 0 spiro atoms. The van der Waals surface area contributed by atoms with Crippen LogP contribution in [0, 0.1) is 0 Å². The summed E-state index contributed by atoms with van der Waals surface area (Å²) in [5.41, 5.74) is 1.98. The molecule has 0 N–H and O–H groups in total. The molecule has 1 amide bonds. The molecular formula is C22H26ClNO2. The Bertz CT molecular complexity index is 725. The molecule has 0 saturated carbocycles. The van der Waals surface area contributed by atoms with E-state index >= 15 is 0 Å². The molecule has 3 nitrogen and oxygen atoms in total. The zero-order valence-electron chi connectivity index (χ0n) is 15.5. The highest BCUT2D eigenvalue weighted by Crippen LogP contribution is 2.28. The summed E-state index contributed by atoms with van der Waals surface area (Å²) in [6.45, 7) is 5.55. The summed E-state index contributed by atoms with van der Waals surface area (Å²) in [5.74, 6) is 1.26. The van der Waals surface area contributed by atoms with Gasteiger partial charge in [0, 0.05) is 29.6 Å². The maximum Gasteiger partial charge on any atom is 0.253 e. The van der Waals surface area contributed by atoms with E-state index in [0.717, 1.165) is 48.7 Å². The van der Waals surface area contributed by atoms with E-state index in [2.05, 4.69) is 12.1 Å². The Morgan fingerprint density at radius 2 is 1.77 bits per heavy atom. The summed E-state index contributed by atoms with van der Waals surface area (Å²) < 4.78 is 5.66. The van der Waals surface area contributed by atoms with Crippen LogP contribution in [0.3, 0.4) is 0 Å². The third kappa shape index (κ3) is 4.79. The van der Waals surface area contributed by atoms with Gasteiger partial charge in [0.2, 0.25) is 0 Å². The fourth-order valence-electron chi connectivity index (χ4n) is 3.46. The minimum atomic E-state index is 0.0990. The molecule has 3 rings (SSSR count). The second-order valence-corrected chi connectivity index (χ2v) is 7.62. The van der Waals surface area contributed by atoms with Crippen LogP contribution in [0.25, 0.3) is 0 Å². The summed E-state index contributed by atoms with van der Waals surface area (Å²) in [7, 11) is 0. The van der Waals surface area contributed by atoms with Crippen molar-refractivity contribution in [3.8, 4) is 5.75 Å². The van der Waals surface area contributed by atoms with Crippen LogP contribution >= 0.6 is 11.6 Å². The van der Waals surface area contributed by atoms with E-state index in [-0.39, 0.29) is 12.0 Å². The summed E-state index contributed by atoms with van der Waals surface area (Å²) in [6, 6.07) is 15.5.